The molecule has 104 heavy (non-hydrogen) atoms. The quantitative estimate of drug-likeness (QED) is 0.0164. The van der Waals surface area contributed by atoms with Crippen molar-refractivity contribution in [1.82, 2.24) is 53.3 Å². The molecule has 3 saturated heterocycles. The van der Waals surface area contributed by atoms with Gasteiger partial charge in [0, 0.05) is 43.1 Å². The fourth-order valence-corrected chi connectivity index (χ4v) is 16.9. The van der Waals surface area contributed by atoms with Crippen molar-refractivity contribution in [3.63, 3.8) is 0 Å². The third kappa shape index (κ3) is 17.3. The Morgan fingerprint density at radius 1 is 0.625 bits per heavy atom. The van der Waals surface area contributed by atoms with E-state index in [1.54, 1.807) is 38.5 Å². The van der Waals surface area contributed by atoms with Crippen molar-refractivity contribution in [2.24, 2.45) is 0 Å². The number of phosphoric ester groups is 2. The molecule has 8 aromatic rings. The number of nitrogens with two attached hydrogens (primary N) is 2. The number of nitriles is 3. The van der Waals surface area contributed by atoms with E-state index >= 15 is 9.13 Å². The lowest BCUT2D eigenvalue weighted by Gasteiger charge is -2.37. The second kappa shape index (κ2) is 34.0. The summed E-state index contributed by atoms with van der Waals surface area (Å²) in [6.07, 6.45) is -6.52. The van der Waals surface area contributed by atoms with Crippen LogP contribution in [0.4, 0.5) is 11.8 Å². The standard InChI is InChI=1S/C66H79N16O19P3/c1-40(2)82(41(3)4)102(91-27-11-24-67)99-48-30-54(79-33-42(5)62(83)78-65(79)85)97-52(48)35-94-103(86,92-28-12-25-68)101-50-32-55(80-38-74-57-59(70)72-37-73-60(57)80)98-53(50)36-95-104(87,93-29-13-26-69)100-49-31-56(81-39-75-58-61(81)76-64(71)77-63(58)84)96-51(49)34-90-66(43-14-9-8-10-15-43,44-16-20-46(88-6)21-17-44)45-18-22-47(89-7)23-19-45/h8-10,14-23,33,37-41,48-56H,11-13,27-32,34-36H2,1-7H3,(H2,70,72,73)(H,78,83,85)(H3,71,76,77,84)/t48-,49-,50-,51+,52+,53+,54+,55+,56+,102?,103?,104?/m0/s1. The highest BCUT2D eigenvalue weighted by atomic mass is 31.2. The molecule has 0 spiro atoms. The number of benzene rings is 3. The maximum Gasteiger partial charge on any atom is 0.475 e. The van der Waals surface area contributed by atoms with E-state index in [1.807, 2.05) is 99.1 Å². The summed E-state index contributed by atoms with van der Waals surface area (Å²) in [5.41, 5.74) is 11.5. The van der Waals surface area contributed by atoms with E-state index < -0.39 is 128 Å². The van der Waals surface area contributed by atoms with Gasteiger partial charge in [0.05, 0.1) is 110 Å². The molecule has 552 valence electrons. The average Bonchev–Trinajstić information content (AvgIpc) is 0.912. The normalized spacial score (nSPS) is 22.0. The molecule has 3 aromatic carbocycles. The Balaban J connectivity index is 0.934. The smallest absolute Gasteiger partial charge is 0.475 e. The lowest BCUT2D eigenvalue weighted by molar-refractivity contribution is -0.0948. The van der Waals surface area contributed by atoms with E-state index in [9.17, 15) is 30.2 Å². The number of anilines is 2. The molecule has 3 fully saturated rings. The van der Waals surface area contributed by atoms with E-state index in [2.05, 4.69) is 41.0 Å². The van der Waals surface area contributed by atoms with Crippen LogP contribution in [0.3, 0.4) is 0 Å². The Bertz CT molecular complexity index is 4620. The van der Waals surface area contributed by atoms with Gasteiger partial charge in [-0.25, -0.2) is 38.5 Å². The van der Waals surface area contributed by atoms with Gasteiger partial charge in [0.1, 0.15) is 78.1 Å². The topological polar surface area (TPSA) is 452 Å². The van der Waals surface area contributed by atoms with Crippen LogP contribution >= 0.6 is 24.2 Å². The number of nitrogen functional groups attached to an aromatic ring is 2. The number of rotatable bonds is 35. The molecular formula is C66H79N16O19P3. The third-order valence-electron chi connectivity index (χ3n) is 17.2. The van der Waals surface area contributed by atoms with Gasteiger partial charge >= 0.3 is 21.3 Å². The molecule has 8 heterocycles. The van der Waals surface area contributed by atoms with Crippen LogP contribution in [0, 0.1) is 40.9 Å². The van der Waals surface area contributed by atoms with Crippen molar-refractivity contribution in [2.45, 2.75) is 146 Å². The zero-order valence-corrected chi connectivity index (χ0v) is 60.5. The molecule has 35 nitrogen and oxygen atoms in total. The Kier molecular flexibility index (Phi) is 25.0. The van der Waals surface area contributed by atoms with Crippen LogP contribution < -0.4 is 37.7 Å². The van der Waals surface area contributed by atoms with Crippen molar-refractivity contribution in [3.05, 3.63) is 157 Å². The van der Waals surface area contributed by atoms with Crippen LogP contribution in [0.25, 0.3) is 22.3 Å². The number of aromatic nitrogens is 10. The van der Waals surface area contributed by atoms with Crippen molar-refractivity contribution >= 4 is 58.3 Å². The summed E-state index contributed by atoms with van der Waals surface area (Å²) < 4.78 is 127. The van der Waals surface area contributed by atoms with E-state index in [-0.39, 0.29) is 103 Å². The zero-order valence-electron chi connectivity index (χ0n) is 57.8. The molecule has 0 radical (unpaired) electrons. The first kappa shape index (κ1) is 76.4. The first-order valence-corrected chi connectivity index (χ1v) is 37.2. The fourth-order valence-electron chi connectivity index (χ4n) is 12.4. The molecule has 3 unspecified atom stereocenters. The van der Waals surface area contributed by atoms with Gasteiger partial charge in [0.2, 0.25) is 5.95 Å². The number of ether oxygens (including phenoxy) is 6. The minimum Gasteiger partial charge on any atom is -0.497 e. The van der Waals surface area contributed by atoms with Gasteiger partial charge in [0.15, 0.2) is 22.6 Å². The fraction of sp³-hybridized carbons (Fsp3) is 0.470. The molecule has 38 heteroatoms. The van der Waals surface area contributed by atoms with Gasteiger partial charge < -0.3 is 48.9 Å². The molecule has 12 atom stereocenters. The number of hydrogen-bond donors (Lipinski definition) is 4. The number of hydrogen-bond acceptors (Lipinski definition) is 30. The van der Waals surface area contributed by atoms with Crippen molar-refractivity contribution in [2.75, 3.05) is 65.3 Å². The zero-order chi connectivity index (χ0) is 73.9. The second-order valence-corrected chi connectivity index (χ2v) is 29.3. The number of nitrogens with zero attached hydrogens (tertiary/aromatic N) is 12. The summed E-state index contributed by atoms with van der Waals surface area (Å²) in [6.45, 7) is 6.62. The van der Waals surface area contributed by atoms with Crippen LogP contribution in [0.2, 0.25) is 0 Å². The highest BCUT2D eigenvalue weighted by Gasteiger charge is 2.50. The van der Waals surface area contributed by atoms with Crippen molar-refractivity contribution < 1.29 is 73.7 Å². The summed E-state index contributed by atoms with van der Waals surface area (Å²) in [7, 11) is -8.91. The minimum atomic E-state index is -5.04. The van der Waals surface area contributed by atoms with Gasteiger partial charge in [-0.15, -0.1) is 0 Å². The van der Waals surface area contributed by atoms with E-state index in [4.69, 9.17) is 76.1 Å². The summed E-state index contributed by atoms with van der Waals surface area (Å²) >= 11 is 0. The van der Waals surface area contributed by atoms with Crippen molar-refractivity contribution in [1.29, 1.82) is 15.8 Å². The van der Waals surface area contributed by atoms with Gasteiger partial charge in [-0.1, -0.05) is 54.6 Å². The number of nitrogens with one attached hydrogen (secondary N) is 2. The number of methoxy groups -OCH3 is 2. The van der Waals surface area contributed by atoms with Crippen LogP contribution in [0.5, 0.6) is 11.5 Å². The largest absolute Gasteiger partial charge is 0.497 e. The first-order valence-electron chi connectivity index (χ1n) is 33.2. The number of phosphoric acid groups is 2. The average molecular weight is 1490 g/mol. The molecule has 5 aromatic heterocycles. The summed E-state index contributed by atoms with van der Waals surface area (Å²) in [6, 6.07) is 29.8. The van der Waals surface area contributed by atoms with E-state index in [0.29, 0.717) is 28.2 Å². The summed E-state index contributed by atoms with van der Waals surface area (Å²) in [5.74, 6) is 0.974. The molecule has 0 aliphatic carbocycles. The molecule has 11 rings (SSSR count). The molecule has 0 amide bonds. The minimum absolute atomic E-state index is 0.00380. The third-order valence-corrected chi connectivity index (χ3v) is 22.4. The number of H-pyrrole nitrogens is 2. The number of aromatic amines is 2. The van der Waals surface area contributed by atoms with Gasteiger partial charge in [-0.2, -0.15) is 20.8 Å². The maximum absolute atomic E-state index is 15.9. The first-order chi connectivity index (χ1) is 50.1. The lowest BCUT2D eigenvalue weighted by atomic mass is 9.80. The SMILES string of the molecule is COc1ccc(C(OC[C@H]2O[C@@H](n3cnc4c(=O)[nH]c(N)nc43)C[C@@H]2OP(=O)(OCCC#N)OC[C@H]2O[C@@H](n3cnc4c(N)ncnc43)C[C@@H]2OP(=O)(OCCC#N)OC[C@H]2O[C@@H](n3cc(C)c(=O)[nH]c3=O)C[C@@H]2OP(OCCC#N)N(C(C)C)C(C)C)(c2ccccc2)c2ccc(OC)cc2)cc1. The van der Waals surface area contributed by atoms with E-state index in [1.165, 1.54) is 45.8 Å². The Hall–Kier alpha value is -8.72. The molecular weight excluding hydrogens is 1410 g/mol. The monoisotopic (exact) mass is 1490 g/mol. The maximum atomic E-state index is 15.9. The Morgan fingerprint density at radius 2 is 1.12 bits per heavy atom. The number of fused-ring (bicyclic) bond motifs is 2. The lowest BCUT2D eigenvalue weighted by Crippen LogP contribution is -2.38. The van der Waals surface area contributed by atoms with E-state index in [0.717, 1.165) is 0 Å². The van der Waals surface area contributed by atoms with Gasteiger partial charge in [-0.05, 0) is 75.6 Å². The van der Waals surface area contributed by atoms with Crippen molar-refractivity contribution in [3.8, 4) is 29.7 Å². The van der Waals surface area contributed by atoms with Crippen LogP contribution in [-0.2, 0) is 69.9 Å². The Labute approximate surface area is 597 Å². The summed E-state index contributed by atoms with van der Waals surface area (Å²) in [4.78, 5) is 65.6. The van der Waals surface area contributed by atoms with Crippen LogP contribution in [0.15, 0.2) is 118 Å². The molecule has 0 saturated carbocycles. The molecule has 3 aliphatic rings. The predicted molar refractivity (Wildman–Crippen MR) is 372 cm³/mol. The summed E-state index contributed by atoms with van der Waals surface area (Å²) in [5, 5.41) is 29.1. The van der Waals surface area contributed by atoms with Gasteiger partial charge in [0.25, 0.3) is 19.6 Å². The molecule has 3 aliphatic heterocycles. The van der Waals surface area contributed by atoms with Crippen LogP contribution in [0.1, 0.15) is 107 Å². The highest BCUT2D eigenvalue weighted by molar-refractivity contribution is 7.48. The molecule has 6 N–H and O–H groups in total. The molecule has 0 bridgehead atoms. The Morgan fingerprint density at radius 3 is 1.67 bits per heavy atom. The number of aryl methyl sites for hydroxylation is 1. The van der Waals surface area contributed by atoms with Crippen LogP contribution in [-0.4, -0.2) is 156 Å². The predicted octanol–water partition coefficient (Wildman–Crippen LogP) is 8.41. The highest BCUT2D eigenvalue weighted by Crippen LogP contribution is 2.58. The number of imidazole rings is 2. The van der Waals surface area contributed by atoms with Gasteiger partial charge in [-0.3, -0.25) is 60.4 Å². The second-order valence-electron chi connectivity index (χ2n) is 24.7.